The molecule has 0 fully saturated rings. The quantitative estimate of drug-likeness (QED) is 0.348. The van der Waals surface area contributed by atoms with Gasteiger partial charge in [0.25, 0.3) is 0 Å². The summed E-state index contributed by atoms with van der Waals surface area (Å²) in [5.41, 5.74) is 12.5. The van der Waals surface area contributed by atoms with Crippen LogP contribution in [0.5, 0.6) is 0 Å². The van der Waals surface area contributed by atoms with Gasteiger partial charge in [-0.05, 0) is 26.8 Å². The number of aryl methyl sites for hydroxylation is 2. The van der Waals surface area contributed by atoms with Gasteiger partial charge in [-0.3, -0.25) is 4.79 Å². The van der Waals surface area contributed by atoms with Crippen molar-refractivity contribution in [2.75, 3.05) is 0 Å². The summed E-state index contributed by atoms with van der Waals surface area (Å²) in [7, 11) is 0. The third-order valence-electron chi connectivity index (χ3n) is 3.95. The maximum absolute atomic E-state index is 12.0. The number of hydrogen-bond acceptors (Lipinski definition) is 8. The summed E-state index contributed by atoms with van der Waals surface area (Å²) in [6.45, 7) is 7.46. The van der Waals surface area contributed by atoms with Crippen molar-refractivity contribution >= 4 is 29.3 Å². The van der Waals surface area contributed by atoms with E-state index in [9.17, 15) is 9.90 Å². The highest BCUT2D eigenvalue weighted by Gasteiger charge is 2.20. The average Bonchev–Trinajstić information content (AvgIpc) is 3.35. The number of thiazole rings is 1. The van der Waals surface area contributed by atoms with Crippen LogP contribution in [-0.4, -0.2) is 33.0 Å². The Balaban J connectivity index is 0.000000262. The molecule has 0 bridgehead atoms. The van der Waals surface area contributed by atoms with Crippen LogP contribution < -0.4 is 11.5 Å². The largest absolute Gasteiger partial charge is 0.440 e. The van der Waals surface area contributed by atoms with Crippen LogP contribution in [0.15, 0.2) is 39.1 Å². The molecule has 2 aromatic heterocycles. The fourth-order valence-corrected chi connectivity index (χ4v) is 3.28. The van der Waals surface area contributed by atoms with Crippen molar-refractivity contribution < 1.29 is 14.3 Å². The van der Waals surface area contributed by atoms with Crippen molar-refractivity contribution in [1.29, 1.82) is 5.41 Å². The highest BCUT2D eigenvalue weighted by Crippen LogP contribution is 2.26. The molecule has 1 aromatic carbocycles. The molecule has 164 valence electrons. The number of nitrogens with two attached hydrogens (primary N) is 2. The van der Waals surface area contributed by atoms with Crippen molar-refractivity contribution in [3.05, 3.63) is 57.5 Å². The van der Waals surface area contributed by atoms with Gasteiger partial charge in [-0.15, -0.1) is 11.3 Å². The monoisotopic (exact) mass is 442 g/mol. The molecule has 2 heterocycles. The van der Waals surface area contributed by atoms with Gasteiger partial charge < -0.3 is 26.4 Å². The molecule has 0 aliphatic heterocycles. The van der Waals surface area contributed by atoms with Crippen molar-refractivity contribution in [3.63, 3.8) is 0 Å². The SMILES string of the molecule is CC(C)(O)c1csc(CN)n1.Cc1cccc(-c2oc(C)nc2C(=O)N=C(N)C=N)c1. The number of aromatic nitrogens is 2. The molecule has 0 atom stereocenters. The summed E-state index contributed by atoms with van der Waals surface area (Å²) in [4.78, 5) is 23.8. The first-order valence-corrected chi connectivity index (χ1v) is 10.2. The van der Waals surface area contributed by atoms with Gasteiger partial charge in [0.2, 0.25) is 0 Å². The molecular weight excluding hydrogens is 416 g/mol. The zero-order chi connectivity index (χ0) is 23.2. The van der Waals surface area contributed by atoms with Crippen molar-refractivity contribution in [2.24, 2.45) is 16.5 Å². The Morgan fingerprint density at radius 3 is 2.58 bits per heavy atom. The molecule has 1 amide bonds. The first-order chi connectivity index (χ1) is 14.5. The maximum atomic E-state index is 12.0. The number of aliphatic imine (C=N–C) groups is 1. The molecule has 0 unspecified atom stereocenters. The Morgan fingerprint density at radius 1 is 1.35 bits per heavy atom. The molecule has 0 aliphatic carbocycles. The third-order valence-corrected chi connectivity index (χ3v) is 4.82. The number of amides is 1. The maximum Gasteiger partial charge on any atom is 0.301 e. The van der Waals surface area contributed by atoms with E-state index < -0.39 is 11.5 Å². The van der Waals surface area contributed by atoms with Crippen molar-refractivity contribution in [2.45, 2.75) is 39.8 Å². The van der Waals surface area contributed by atoms with Crippen LogP contribution in [0.3, 0.4) is 0 Å². The van der Waals surface area contributed by atoms with Gasteiger partial charge in [0.15, 0.2) is 17.3 Å². The zero-order valence-electron chi connectivity index (χ0n) is 17.8. The number of aliphatic hydroxyl groups is 1. The summed E-state index contributed by atoms with van der Waals surface area (Å²) >= 11 is 1.48. The summed E-state index contributed by atoms with van der Waals surface area (Å²) in [6, 6.07) is 7.53. The number of benzene rings is 1. The number of hydrogen-bond donors (Lipinski definition) is 4. The summed E-state index contributed by atoms with van der Waals surface area (Å²) < 4.78 is 5.49. The van der Waals surface area contributed by atoms with Crippen molar-refractivity contribution in [1.82, 2.24) is 9.97 Å². The molecule has 0 saturated carbocycles. The van der Waals surface area contributed by atoms with Crippen LogP contribution in [-0.2, 0) is 12.1 Å². The Bertz CT molecular complexity index is 1090. The fraction of sp³-hybridized carbons (Fsp3) is 0.286. The van der Waals surface area contributed by atoms with Gasteiger partial charge in [0.1, 0.15) is 16.4 Å². The van der Waals surface area contributed by atoms with Crippen LogP contribution in [0.1, 0.15) is 46.5 Å². The zero-order valence-corrected chi connectivity index (χ0v) is 18.7. The number of nitrogens with zero attached hydrogens (tertiary/aromatic N) is 3. The number of amidine groups is 1. The number of rotatable bonds is 5. The van der Waals surface area contributed by atoms with Crippen LogP contribution in [0.25, 0.3) is 11.3 Å². The van der Waals surface area contributed by atoms with E-state index >= 15 is 0 Å². The summed E-state index contributed by atoms with van der Waals surface area (Å²) in [5.74, 6) is -0.0728. The average molecular weight is 443 g/mol. The molecule has 3 aromatic rings. The predicted octanol–water partition coefficient (Wildman–Crippen LogP) is 2.93. The number of carbonyl (C=O) groups is 1. The van der Waals surface area contributed by atoms with E-state index in [0.29, 0.717) is 23.9 Å². The minimum Gasteiger partial charge on any atom is -0.440 e. The van der Waals surface area contributed by atoms with Gasteiger partial charge in [-0.2, -0.15) is 4.99 Å². The van der Waals surface area contributed by atoms with Crippen LogP contribution in [0, 0.1) is 19.3 Å². The number of oxazole rings is 1. The lowest BCUT2D eigenvalue weighted by Crippen LogP contribution is -2.16. The number of nitrogens with one attached hydrogen (secondary N) is 1. The van der Waals surface area contributed by atoms with E-state index in [0.717, 1.165) is 22.3 Å². The molecule has 0 spiro atoms. The standard InChI is InChI=1S/C14H14N4O2.C7H12N2OS/c1-8-4-3-5-10(6-8)13-12(17-9(2)20-13)14(19)18-11(16)7-15;1-7(2,10)5-4-11-6(3-8)9-5/h3-7,15H,1-2H3,(H2,16,18,19);4,10H,3,8H2,1-2H3. The first-order valence-electron chi connectivity index (χ1n) is 9.36. The lowest BCUT2D eigenvalue weighted by molar-refractivity contribution is 0.0743. The van der Waals surface area contributed by atoms with E-state index in [1.54, 1.807) is 20.8 Å². The molecule has 10 heteroatoms. The van der Waals surface area contributed by atoms with E-state index in [1.165, 1.54) is 11.3 Å². The summed E-state index contributed by atoms with van der Waals surface area (Å²) in [5, 5.41) is 19.1. The Kier molecular flexibility index (Phi) is 7.92. The lowest BCUT2D eigenvalue weighted by atomic mass is 10.1. The molecule has 0 radical (unpaired) electrons. The fourth-order valence-electron chi connectivity index (χ4n) is 2.44. The van der Waals surface area contributed by atoms with Crippen LogP contribution in [0.2, 0.25) is 0 Å². The van der Waals surface area contributed by atoms with Gasteiger partial charge in [-0.1, -0.05) is 23.8 Å². The molecular formula is C21H26N6O3S. The van der Waals surface area contributed by atoms with Gasteiger partial charge >= 0.3 is 5.91 Å². The van der Waals surface area contributed by atoms with Crippen LogP contribution >= 0.6 is 11.3 Å². The minimum atomic E-state index is -0.843. The van der Waals surface area contributed by atoms with Crippen molar-refractivity contribution in [3.8, 4) is 11.3 Å². The van der Waals surface area contributed by atoms with Gasteiger partial charge in [0.05, 0.1) is 11.9 Å². The van der Waals surface area contributed by atoms with Gasteiger partial charge in [-0.25, -0.2) is 9.97 Å². The van der Waals surface area contributed by atoms with E-state index in [1.807, 2.05) is 36.6 Å². The Labute approximate surface area is 184 Å². The molecule has 6 N–H and O–H groups in total. The highest BCUT2D eigenvalue weighted by molar-refractivity contribution is 7.09. The first kappa shape index (κ1) is 24.1. The normalized spacial score (nSPS) is 11.6. The summed E-state index contributed by atoms with van der Waals surface area (Å²) in [6.07, 6.45) is 0.803. The molecule has 3 rings (SSSR count). The minimum absolute atomic E-state index is 0.0953. The molecule has 9 nitrogen and oxygen atoms in total. The molecule has 31 heavy (non-hydrogen) atoms. The van der Waals surface area contributed by atoms with E-state index in [2.05, 4.69) is 15.0 Å². The third kappa shape index (κ3) is 6.64. The molecule has 0 aliphatic rings. The number of carbonyl (C=O) groups excluding carboxylic acids is 1. The lowest BCUT2D eigenvalue weighted by Gasteiger charge is -2.12. The smallest absolute Gasteiger partial charge is 0.301 e. The Morgan fingerprint density at radius 2 is 2.06 bits per heavy atom. The van der Waals surface area contributed by atoms with E-state index in [-0.39, 0.29) is 11.5 Å². The topological polar surface area (TPSA) is 164 Å². The highest BCUT2D eigenvalue weighted by atomic mass is 32.1. The Hall–Kier alpha value is -3.21. The second-order valence-corrected chi connectivity index (χ2v) is 8.10. The second kappa shape index (κ2) is 10.2. The van der Waals surface area contributed by atoms with Gasteiger partial charge in [0, 0.05) is 24.4 Å². The molecule has 0 saturated heterocycles. The van der Waals surface area contributed by atoms with E-state index in [4.69, 9.17) is 21.3 Å². The predicted molar refractivity (Wildman–Crippen MR) is 121 cm³/mol. The van der Waals surface area contributed by atoms with Crippen LogP contribution in [0.4, 0.5) is 0 Å². The second-order valence-electron chi connectivity index (χ2n) is 7.16.